The molecular weight excluding hydrogens is 530 g/mol. The summed E-state index contributed by atoms with van der Waals surface area (Å²) in [5, 5.41) is 3.41. The predicted octanol–water partition coefficient (Wildman–Crippen LogP) is 6.56. The van der Waals surface area contributed by atoms with Gasteiger partial charge in [0.05, 0.1) is 12.7 Å². The number of rotatable bonds is 6. The highest BCUT2D eigenvalue weighted by atomic mass is 79.9. The minimum absolute atomic E-state index is 0.0448. The maximum atomic E-state index is 13.7. The molecule has 1 N–H and O–H groups in total. The Labute approximate surface area is 225 Å². The summed E-state index contributed by atoms with van der Waals surface area (Å²) in [6.07, 6.45) is 1.06. The average Bonchev–Trinajstić information content (AvgIpc) is 2.92. The Kier molecular flexibility index (Phi) is 7.28. The van der Waals surface area contributed by atoms with Gasteiger partial charge in [0.1, 0.15) is 12.4 Å². The molecule has 5 nitrogen and oxygen atoms in total. The molecule has 0 amide bonds. The molecule has 0 unspecified atom stereocenters. The molecular formula is C31H28BrNO4. The first-order valence-corrected chi connectivity index (χ1v) is 13.1. The fraction of sp³-hybridized carbons (Fsp3) is 0.226. The molecule has 3 aromatic carbocycles. The number of Topliss-reactive ketones (excluding diaryl/α,β-unsaturated/α-hetero) is 1. The van der Waals surface area contributed by atoms with E-state index >= 15 is 0 Å². The molecule has 188 valence electrons. The highest BCUT2D eigenvalue weighted by molar-refractivity contribution is 9.10. The van der Waals surface area contributed by atoms with Gasteiger partial charge in [0.15, 0.2) is 5.78 Å². The van der Waals surface area contributed by atoms with Crippen molar-refractivity contribution in [2.24, 2.45) is 0 Å². The highest BCUT2D eigenvalue weighted by Gasteiger charge is 2.41. The van der Waals surface area contributed by atoms with Crippen molar-refractivity contribution in [2.75, 3.05) is 7.11 Å². The molecule has 1 aliphatic carbocycles. The summed E-state index contributed by atoms with van der Waals surface area (Å²) in [7, 11) is 1.64. The lowest BCUT2D eigenvalue weighted by atomic mass is 9.72. The number of allylic oxidation sites excluding steroid dienone is 3. The van der Waals surface area contributed by atoms with E-state index in [-0.39, 0.29) is 18.3 Å². The third kappa shape index (κ3) is 5.25. The van der Waals surface area contributed by atoms with E-state index in [1.807, 2.05) is 85.8 Å². The van der Waals surface area contributed by atoms with Crippen molar-refractivity contribution in [1.29, 1.82) is 0 Å². The lowest BCUT2D eigenvalue weighted by Gasteiger charge is -2.36. The Morgan fingerprint density at radius 2 is 1.62 bits per heavy atom. The van der Waals surface area contributed by atoms with Crippen molar-refractivity contribution < 1.29 is 19.1 Å². The van der Waals surface area contributed by atoms with Crippen LogP contribution in [0.1, 0.15) is 48.3 Å². The van der Waals surface area contributed by atoms with E-state index in [9.17, 15) is 9.59 Å². The second-order valence-electron chi connectivity index (χ2n) is 9.40. The number of methoxy groups -OCH3 is 1. The summed E-state index contributed by atoms with van der Waals surface area (Å²) in [5.41, 5.74) is 5.62. The predicted molar refractivity (Wildman–Crippen MR) is 146 cm³/mol. The van der Waals surface area contributed by atoms with E-state index < -0.39 is 11.9 Å². The molecule has 0 saturated heterocycles. The highest BCUT2D eigenvalue weighted by Crippen LogP contribution is 2.46. The Hall–Kier alpha value is -3.64. The number of ether oxygens (including phenoxy) is 2. The smallest absolute Gasteiger partial charge is 0.337 e. The number of nitrogens with one attached hydrogen (secondary N) is 1. The summed E-state index contributed by atoms with van der Waals surface area (Å²) >= 11 is 3.50. The van der Waals surface area contributed by atoms with Gasteiger partial charge < -0.3 is 14.8 Å². The number of carbonyl (C=O) groups is 2. The quantitative estimate of drug-likeness (QED) is 0.347. The molecule has 3 aromatic rings. The van der Waals surface area contributed by atoms with Crippen LogP contribution < -0.4 is 10.1 Å². The SMILES string of the molecule is COc1ccc([C@@H]2CC(=O)C3=C(C2)NC(C)=C(C(=O)OCc2ccccc2)[C@@H]3c2ccc(Br)cc2)cc1. The third-order valence-corrected chi connectivity index (χ3v) is 7.58. The van der Waals surface area contributed by atoms with Crippen molar-refractivity contribution in [1.82, 2.24) is 5.32 Å². The zero-order valence-electron chi connectivity index (χ0n) is 20.8. The minimum atomic E-state index is -0.489. The average molecular weight is 558 g/mol. The van der Waals surface area contributed by atoms with E-state index in [0.29, 0.717) is 29.7 Å². The van der Waals surface area contributed by atoms with Crippen LogP contribution in [-0.4, -0.2) is 18.9 Å². The van der Waals surface area contributed by atoms with Gasteiger partial charge in [-0.25, -0.2) is 4.79 Å². The van der Waals surface area contributed by atoms with E-state index in [4.69, 9.17) is 9.47 Å². The van der Waals surface area contributed by atoms with Gasteiger partial charge in [-0.2, -0.15) is 0 Å². The number of ketones is 1. The molecule has 1 heterocycles. The van der Waals surface area contributed by atoms with Crippen LogP contribution in [0.5, 0.6) is 5.75 Å². The molecule has 0 fully saturated rings. The monoisotopic (exact) mass is 557 g/mol. The fourth-order valence-corrected chi connectivity index (χ4v) is 5.48. The van der Waals surface area contributed by atoms with Crippen LogP contribution in [0.3, 0.4) is 0 Å². The van der Waals surface area contributed by atoms with Crippen LogP contribution >= 0.6 is 15.9 Å². The first-order chi connectivity index (χ1) is 17.9. The minimum Gasteiger partial charge on any atom is -0.497 e. The third-order valence-electron chi connectivity index (χ3n) is 7.05. The lowest BCUT2D eigenvalue weighted by Crippen LogP contribution is -2.36. The number of hydrogen-bond donors (Lipinski definition) is 1. The largest absolute Gasteiger partial charge is 0.497 e. The number of halogens is 1. The van der Waals surface area contributed by atoms with Crippen molar-refractivity contribution >= 4 is 27.7 Å². The van der Waals surface area contributed by atoms with Gasteiger partial charge in [-0.3, -0.25) is 4.79 Å². The lowest BCUT2D eigenvalue weighted by molar-refractivity contribution is -0.140. The molecule has 6 heteroatoms. The number of hydrogen-bond acceptors (Lipinski definition) is 5. The Morgan fingerprint density at radius 3 is 2.30 bits per heavy atom. The maximum absolute atomic E-state index is 13.7. The molecule has 1 aliphatic heterocycles. The van der Waals surface area contributed by atoms with Crippen LogP contribution in [0.25, 0.3) is 0 Å². The second kappa shape index (κ2) is 10.8. The zero-order valence-corrected chi connectivity index (χ0v) is 22.4. The van der Waals surface area contributed by atoms with Crippen LogP contribution in [0.2, 0.25) is 0 Å². The van der Waals surface area contributed by atoms with Crippen LogP contribution in [0.15, 0.2) is 106 Å². The van der Waals surface area contributed by atoms with E-state index in [2.05, 4.69) is 21.2 Å². The molecule has 2 aliphatic rings. The molecule has 0 bridgehead atoms. The summed E-state index contributed by atoms with van der Waals surface area (Å²) in [4.78, 5) is 27.2. The normalized spacial score (nSPS) is 19.3. The van der Waals surface area contributed by atoms with Gasteiger partial charge >= 0.3 is 5.97 Å². The molecule has 0 aromatic heterocycles. The van der Waals surface area contributed by atoms with Crippen LogP contribution in [0, 0.1) is 0 Å². The van der Waals surface area contributed by atoms with Gasteiger partial charge in [-0.1, -0.05) is 70.5 Å². The summed E-state index contributed by atoms with van der Waals surface area (Å²) in [5.74, 6) is -0.0254. The summed E-state index contributed by atoms with van der Waals surface area (Å²) in [6, 6.07) is 25.3. The van der Waals surface area contributed by atoms with Gasteiger partial charge in [0.25, 0.3) is 0 Å². The topological polar surface area (TPSA) is 64.6 Å². The van der Waals surface area contributed by atoms with Crippen molar-refractivity contribution in [3.63, 3.8) is 0 Å². The van der Waals surface area contributed by atoms with E-state index in [1.165, 1.54) is 0 Å². The van der Waals surface area contributed by atoms with Gasteiger partial charge in [0.2, 0.25) is 0 Å². The molecule has 0 spiro atoms. The zero-order chi connectivity index (χ0) is 25.9. The Morgan fingerprint density at radius 1 is 0.946 bits per heavy atom. The number of benzene rings is 3. The van der Waals surface area contributed by atoms with Gasteiger partial charge in [-0.15, -0.1) is 0 Å². The summed E-state index contributed by atoms with van der Waals surface area (Å²) < 4.78 is 12.0. The molecule has 0 radical (unpaired) electrons. The van der Waals surface area contributed by atoms with Crippen LogP contribution in [0.4, 0.5) is 0 Å². The number of dihydropyridines is 1. The van der Waals surface area contributed by atoms with Crippen molar-refractivity contribution in [3.05, 3.63) is 123 Å². The van der Waals surface area contributed by atoms with Gasteiger partial charge in [0, 0.05) is 33.8 Å². The molecule has 2 atom stereocenters. The van der Waals surface area contributed by atoms with Crippen LogP contribution in [-0.2, 0) is 20.9 Å². The number of esters is 1. The van der Waals surface area contributed by atoms with Gasteiger partial charge in [-0.05, 0) is 60.2 Å². The standard InChI is InChI=1S/C31H28BrNO4/c1-19-28(31(35)37-18-20-6-4-3-5-7-20)29(22-8-12-24(32)13-9-22)30-26(33-19)16-23(17-27(30)34)21-10-14-25(36-2)15-11-21/h3-15,23,29,33H,16-18H2,1-2H3/t23-,29-/m0/s1. The Balaban J connectivity index is 1.49. The first-order valence-electron chi connectivity index (χ1n) is 12.3. The Bertz CT molecular complexity index is 1370. The van der Waals surface area contributed by atoms with E-state index in [1.54, 1.807) is 7.11 Å². The van der Waals surface area contributed by atoms with E-state index in [0.717, 1.165) is 32.6 Å². The molecule has 0 saturated carbocycles. The molecule has 5 rings (SSSR count). The molecule has 37 heavy (non-hydrogen) atoms. The summed E-state index contributed by atoms with van der Waals surface area (Å²) in [6.45, 7) is 2.05. The maximum Gasteiger partial charge on any atom is 0.337 e. The second-order valence-corrected chi connectivity index (χ2v) is 10.3. The first kappa shape index (κ1) is 25.0. The van der Waals surface area contributed by atoms with Crippen molar-refractivity contribution in [2.45, 2.75) is 38.2 Å². The number of carbonyl (C=O) groups excluding carboxylic acids is 2. The van der Waals surface area contributed by atoms with Crippen molar-refractivity contribution in [3.8, 4) is 5.75 Å². The fourth-order valence-electron chi connectivity index (χ4n) is 5.21.